The third-order valence-electron chi connectivity index (χ3n) is 3.90. The zero-order valence-electron chi connectivity index (χ0n) is 16.9. The number of allylic oxidation sites excluding steroid dienone is 4. The highest BCUT2D eigenvalue weighted by molar-refractivity contribution is 5.86. The van der Waals surface area contributed by atoms with Gasteiger partial charge in [0.2, 0.25) is 0 Å². The van der Waals surface area contributed by atoms with E-state index in [4.69, 9.17) is 0 Å². The second-order valence-corrected chi connectivity index (χ2v) is 6.97. The van der Waals surface area contributed by atoms with Gasteiger partial charge >= 0.3 is 0 Å². The number of hydrogen-bond acceptors (Lipinski definition) is 5. The summed E-state index contributed by atoms with van der Waals surface area (Å²) in [7, 11) is 0. The topological polar surface area (TPSA) is 74.0 Å². The molecule has 1 atom stereocenters. The van der Waals surface area contributed by atoms with Gasteiger partial charge in [0.25, 0.3) is 0 Å². The van der Waals surface area contributed by atoms with Gasteiger partial charge < -0.3 is 10.4 Å². The second kappa shape index (κ2) is 11.2. The lowest BCUT2D eigenvalue weighted by Gasteiger charge is -2.22. The number of benzene rings is 1. The van der Waals surface area contributed by atoms with Gasteiger partial charge in [-0.3, -0.25) is 4.79 Å². The molecule has 1 unspecified atom stereocenters. The van der Waals surface area contributed by atoms with Crippen molar-refractivity contribution < 1.29 is 9.90 Å². The summed E-state index contributed by atoms with van der Waals surface area (Å²) in [6.45, 7) is 13.3. The molecule has 1 aromatic rings. The Kier molecular flexibility index (Phi) is 9.37. The summed E-state index contributed by atoms with van der Waals surface area (Å²) < 4.78 is 0. The van der Waals surface area contributed by atoms with Gasteiger partial charge in [-0.25, -0.2) is 0 Å². The van der Waals surface area contributed by atoms with Gasteiger partial charge in [0.15, 0.2) is 5.78 Å². The maximum Gasteiger partial charge on any atom is 0.152 e. The Morgan fingerprint density at radius 3 is 2.56 bits per heavy atom. The van der Waals surface area contributed by atoms with E-state index in [9.17, 15) is 9.90 Å². The second-order valence-electron chi connectivity index (χ2n) is 6.97. The molecule has 0 bridgehead atoms. The fraction of sp³-hybridized carbons (Fsp3) is 0.409. The first-order valence-corrected chi connectivity index (χ1v) is 9.27. The molecule has 0 heterocycles. The maximum atomic E-state index is 12.5. The van der Waals surface area contributed by atoms with Crippen molar-refractivity contribution in [3.63, 3.8) is 0 Å². The number of azo groups is 1. The summed E-state index contributed by atoms with van der Waals surface area (Å²) >= 11 is 0. The Balaban J connectivity index is 3.07. The number of hydrogen-bond donors (Lipinski definition) is 2. The van der Waals surface area contributed by atoms with Crippen molar-refractivity contribution in [1.29, 1.82) is 0 Å². The molecular formula is C22H31N3O2. The molecule has 0 aliphatic carbocycles. The first kappa shape index (κ1) is 22.5. The van der Waals surface area contributed by atoms with Crippen molar-refractivity contribution in [1.82, 2.24) is 5.32 Å². The number of carbonyl (C=O) groups is 1. The largest absolute Gasteiger partial charge is 0.506 e. The molecule has 5 nitrogen and oxygen atoms in total. The van der Waals surface area contributed by atoms with Gasteiger partial charge in [-0.15, -0.1) is 5.11 Å². The zero-order valence-corrected chi connectivity index (χ0v) is 16.9. The normalized spacial score (nSPS) is 13.8. The van der Waals surface area contributed by atoms with Gasteiger partial charge in [-0.1, -0.05) is 58.6 Å². The van der Waals surface area contributed by atoms with Crippen LogP contribution in [0.2, 0.25) is 0 Å². The molecule has 0 saturated heterocycles. The third kappa shape index (κ3) is 7.71. The number of aromatic hydroxyl groups is 1. The van der Waals surface area contributed by atoms with Crippen LogP contribution in [0.4, 0.5) is 5.69 Å². The number of rotatable bonds is 10. The summed E-state index contributed by atoms with van der Waals surface area (Å²) in [5.74, 6) is 0.173. The molecule has 146 valence electrons. The highest BCUT2D eigenvalue weighted by atomic mass is 16.3. The van der Waals surface area contributed by atoms with Crippen molar-refractivity contribution in [3.8, 4) is 5.75 Å². The fourth-order valence-corrected chi connectivity index (χ4v) is 2.52. The first-order chi connectivity index (χ1) is 12.8. The Bertz CT molecular complexity index is 731. The number of phenolic OH excluding ortho intramolecular Hbond substituents is 1. The van der Waals surface area contributed by atoms with Crippen LogP contribution < -0.4 is 5.32 Å². The number of carbonyl (C=O) groups excluding carboxylic acids is 1. The number of phenols is 1. The predicted molar refractivity (Wildman–Crippen MR) is 111 cm³/mol. The number of nitrogens with one attached hydrogen (secondary N) is 1. The molecule has 0 aromatic heterocycles. The van der Waals surface area contributed by atoms with E-state index < -0.39 is 0 Å². The molecule has 0 aliphatic rings. The Morgan fingerprint density at radius 1 is 1.30 bits per heavy atom. The minimum Gasteiger partial charge on any atom is -0.506 e. The monoisotopic (exact) mass is 369 g/mol. The standard InChI is InChI=1S/C22H31N3O2/c1-7-9-10-18(8-2)24-25-19-13-17(11-12-21(19)26)14-20(23-16(5)6)22(27)15(3)4/h7-13,15-16,20,23,26H,1,14H2,2-6H3/b10-9-,18-8+,25-24?. The average molecular weight is 370 g/mol. The smallest absolute Gasteiger partial charge is 0.152 e. The molecule has 1 aromatic carbocycles. The van der Waals surface area contributed by atoms with Crippen LogP contribution >= 0.6 is 0 Å². The Labute approximate surface area is 162 Å². The quantitative estimate of drug-likeness (QED) is 0.436. The van der Waals surface area contributed by atoms with Crippen LogP contribution in [0.15, 0.2) is 65.0 Å². The van der Waals surface area contributed by atoms with Crippen LogP contribution in [0.1, 0.15) is 40.2 Å². The minimum absolute atomic E-state index is 0.0496. The van der Waals surface area contributed by atoms with Crippen molar-refractivity contribution in [3.05, 3.63) is 60.3 Å². The van der Waals surface area contributed by atoms with E-state index in [1.807, 2.05) is 46.8 Å². The van der Waals surface area contributed by atoms with E-state index >= 15 is 0 Å². The first-order valence-electron chi connectivity index (χ1n) is 9.27. The van der Waals surface area contributed by atoms with Gasteiger partial charge in [-0.05, 0) is 37.1 Å². The van der Waals surface area contributed by atoms with Crippen LogP contribution in [0.5, 0.6) is 5.75 Å². The van der Waals surface area contributed by atoms with Crippen LogP contribution in [0.25, 0.3) is 0 Å². The lowest BCUT2D eigenvalue weighted by Crippen LogP contribution is -2.44. The van der Waals surface area contributed by atoms with Gasteiger partial charge in [-0.2, -0.15) is 5.11 Å². The highest BCUT2D eigenvalue weighted by Gasteiger charge is 2.22. The molecular weight excluding hydrogens is 338 g/mol. The van der Waals surface area contributed by atoms with E-state index in [2.05, 4.69) is 22.1 Å². The summed E-state index contributed by atoms with van der Waals surface area (Å²) in [6.07, 6.45) is 7.55. The highest BCUT2D eigenvalue weighted by Crippen LogP contribution is 2.29. The van der Waals surface area contributed by atoms with Crippen molar-refractivity contribution in [2.75, 3.05) is 0 Å². The van der Waals surface area contributed by atoms with E-state index in [-0.39, 0.29) is 29.5 Å². The molecule has 0 fully saturated rings. The SMILES string of the molecule is C=C/C=C\C(=C/C)N=Nc1cc(CC(NC(C)C)C(=O)C(C)C)ccc1O. The molecule has 1 rings (SSSR count). The van der Waals surface area contributed by atoms with E-state index in [1.54, 1.807) is 30.4 Å². The molecule has 0 radical (unpaired) electrons. The van der Waals surface area contributed by atoms with Crippen LogP contribution in [0.3, 0.4) is 0 Å². The van der Waals surface area contributed by atoms with E-state index in [0.29, 0.717) is 17.8 Å². The maximum absolute atomic E-state index is 12.5. The van der Waals surface area contributed by atoms with Crippen molar-refractivity contribution in [2.45, 2.75) is 53.1 Å². The van der Waals surface area contributed by atoms with Gasteiger partial charge in [0, 0.05) is 12.0 Å². The summed E-state index contributed by atoms with van der Waals surface area (Å²) in [4.78, 5) is 12.5. The molecule has 27 heavy (non-hydrogen) atoms. The van der Waals surface area contributed by atoms with E-state index in [1.165, 1.54) is 0 Å². The van der Waals surface area contributed by atoms with Crippen LogP contribution in [0, 0.1) is 5.92 Å². The van der Waals surface area contributed by atoms with Crippen LogP contribution in [-0.4, -0.2) is 23.0 Å². The minimum atomic E-state index is -0.277. The molecule has 0 amide bonds. The molecule has 0 saturated carbocycles. The summed E-state index contributed by atoms with van der Waals surface area (Å²) in [5, 5.41) is 21.7. The van der Waals surface area contributed by atoms with Crippen LogP contribution in [-0.2, 0) is 11.2 Å². The van der Waals surface area contributed by atoms with Crippen molar-refractivity contribution in [2.24, 2.45) is 16.1 Å². The predicted octanol–water partition coefficient (Wildman–Crippen LogP) is 5.26. The summed E-state index contributed by atoms with van der Waals surface area (Å²) in [6, 6.07) is 5.09. The number of ketones is 1. The van der Waals surface area contributed by atoms with E-state index in [0.717, 1.165) is 5.56 Å². The zero-order chi connectivity index (χ0) is 20.4. The van der Waals surface area contributed by atoms with Crippen molar-refractivity contribution >= 4 is 11.5 Å². The Hall–Kier alpha value is -2.53. The Morgan fingerprint density at radius 2 is 2.00 bits per heavy atom. The fourth-order valence-electron chi connectivity index (χ4n) is 2.52. The van der Waals surface area contributed by atoms with Gasteiger partial charge in [0.1, 0.15) is 11.4 Å². The molecule has 5 heteroatoms. The molecule has 0 aliphatic heterocycles. The molecule has 0 spiro atoms. The van der Waals surface area contributed by atoms with Gasteiger partial charge in [0.05, 0.1) is 11.7 Å². The lowest BCUT2D eigenvalue weighted by molar-refractivity contribution is -0.124. The molecule has 2 N–H and O–H groups in total. The third-order valence-corrected chi connectivity index (χ3v) is 3.90. The number of Topliss-reactive ketones (excluding diaryl/α,β-unsaturated/α-hetero) is 1. The lowest BCUT2D eigenvalue weighted by atomic mass is 9.95. The average Bonchev–Trinajstić information content (AvgIpc) is 2.62. The number of nitrogens with zero attached hydrogens (tertiary/aromatic N) is 2. The summed E-state index contributed by atoms with van der Waals surface area (Å²) in [5.41, 5.74) is 1.95.